The van der Waals surface area contributed by atoms with Gasteiger partial charge in [-0.2, -0.15) is 0 Å². The average Bonchev–Trinajstić information content (AvgIpc) is 2.90. The number of nitrogens with one attached hydrogen (secondary N) is 1. The summed E-state index contributed by atoms with van der Waals surface area (Å²) in [6.45, 7) is 2.85. The van der Waals surface area contributed by atoms with Gasteiger partial charge in [-0.15, -0.1) is 0 Å². The summed E-state index contributed by atoms with van der Waals surface area (Å²) in [5.41, 5.74) is 7.50. The minimum Gasteiger partial charge on any atom is -0.384 e. The van der Waals surface area contributed by atoms with E-state index in [-0.39, 0.29) is 5.84 Å². The van der Waals surface area contributed by atoms with Crippen LogP contribution in [-0.2, 0) is 11.3 Å². The van der Waals surface area contributed by atoms with Gasteiger partial charge >= 0.3 is 0 Å². The first-order chi connectivity index (χ1) is 9.15. The Morgan fingerprint density at radius 3 is 3.05 bits per heavy atom. The number of ether oxygens (including phenoxy) is 1. The Bertz CT molecular complexity index is 427. The number of rotatable bonds is 6. The smallest absolute Gasteiger partial charge is 0.122 e. The number of nitrogens with two attached hydrogens (primary N) is 1. The molecule has 3 N–H and O–H groups in total. The molecule has 1 aliphatic rings. The van der Waals surface area contributed by atoms with Crippen molar-refractivity contribution in [3.8, 4) is 0 Å². The molecule has 0 aliphatic carbocycles. The van der Waals surface area contributed by atoms with E-state index in [0.29, 0.717) is 6.10 Å². The maximum absolute atomic E-state index is 7.46. The van der Waals surface area contributed by atoms with Crippen LogP contribution in [0.5, 0.6) is 0 Å². The van der Waals surface area contributed by atoms with Gasteiger partial charge in [0.2, 0.25) is 0 Å². The maximum Gasteiger partial charge on any atom is 0.122 e. The molecule has 1 aromatic rings. The van der Waals surface area contributed by atoms with Crippen molar-refractivity contribution in [1.82, 2.24) is 4.90 Å². The molecule has 1 fully saturated rings. The molecule has 1 unspecified atom stereocenters. The average molecular weight is 261 g/mol. The van der Waals surface area contributed by atoms with E-state index >= 15 is 0 Å². The molecule has 4 nitrogen and oxygen atoms in total. The van der Waals surface area contributed by atoms with E-state index in [1.807, 2.05) is 18.2 Å². The zero-order valence-corrected chi connectivity index (χ0v) is 11.6. The zero-order chi connectivity index (χ0) is 13.7. The van der Waals surface area contributed by atoms with Crippen molar-refractivity contribution in [2.45, 2.75) is 31.9 Å². The Kier molecular flexibility index (Phi) is 4.93. The third-order valence-corrected chi connectivity index (χ3v) is 3.55. The summed E-state index contributed by atoms with van der Waals surface area (Å²) in [4.78, 5) is 2.29. The highest BCUT2D eigenvalue weighted by atomic mass is 16.5. The normalized spacial score (nSPS) is 18.9. The first-order valence-electron chi connectivity index (χ1n) is 6.88. The summed E-state index contributed by atoms with van der Waals surface area (Å²) < 4.78 is 5.63. The molecule has 1 heterocycles. The Morgan fingerprint density at radius 1 is 1.53 bits per heavy atom. The van der Waals surface area contributed by atoms with Crippen LogP contribution in [0.25, 0.3) is 0 Å². The highest BCUT2D eigenvalue weighted by Gasteiger charge is 2.15. The molecule has 4 heteroatoms. The summed E-state index contributed by atoms with van der Waals surface area (Å²) >= 11 is 0. The lowest BCUT2D eigenvalue weighted by Gasteiger charge is -2.19. The van der Waals surface area contributed by atoms with Gasteiger partial charge in [0.05, 0.1) is 6.10 Å². The van der Waals surface area contributed by atoms with Crippen LogP contribution in [-0.4, -0.2) is 37.0 Å². The predicted molar refractivity (Wildman–Crippen MR) is 77.4 cm³/mol. The molecule has 0 spiro atoms. The van der Waals surface area contributed by atoms with E-state index in [4.69, 9.17) is 15.9 Å². The highest BCUT2D eigenvalue weighted by Crippen LogP contribution is 2.16. The predicted octanol–water partition coefficient (Wildman–Crippen LogP) is 1.97. The number of hydrogen-bond donors (Lipinski definition) is 2. The van der Waals surface area contributed by atoms with Gasteiger partial charge in [0.15, 0.2) is 0 Å². The Hall–Kier alpha value is -1.39. The standard InChI is InChI=1S/C15H23N3O/c1-18(8-7-14-6-3-9-19-14)11-12-4-2-5-13(10-12)15(16)17/h2,4-5,10,14H,3,6-9,11H2,1H3,(H3,16,17). The maximum atomic E-state index is 7.46. The van der Waals surface area contributed by atoms with Crippen molar-refractivity contribution in [1.29, 1.82) is 5.41 Å². The van der Waals surface area contributed by atoms with Gasteiger partial charge in [0.1, 0.15) is 5.84 Å². The van der Waals surface area contributed by atoms with Gasteiger partial charge < -0.3 is 15.4 Å². The molecular weight excluding hydrogens is 238 g/mol. The largest absolute Gasteiger partial charge is 0.384 e. The summed E-state index contributed by atoms with van der Waals surface area (Å²) in [5, 5.41) is 7.46. The molecule has 0 saturated carbocycles. The fourth-order valence-corrected chi connectivity index (χ4v) is 2.46. The number of nitrogen functional groups attached to an aromatic ring is 1. The quantitative estimate of drug-likeness (QED) is 0.608. The molecule has 1 aromatic carbocycles. The third-order valence-electron chi connectivity index (χ3n) is 3.55. The lowest BCUT2D eigenvalue weighted by molar-refractivity contribution is 0.0944. The molecule has 1 aliphatic heterocycles. The number of nitrogens with zero attached hydrogens (tertiary/aromatic N) is 1. The van der Waals surface area contributed by atoms with E-state index < -0.39 is 0 Å². The van der Waals surface area contributed by atoms with Crippen molar-refractivity contribution >= 4 is 5.84 Å². The molecule has 0 aromatic heterocycles. The number of benzene rings is 1. The molecule has 0 bridgehead atoms. The number of amidine groups is 1. The van der Waals surface area contributed by atoms with Gasteiger partial charge in [-0.1, -0.05) is 18.2 Å². The van der Waals surface area contributed by atoms with Crippen LogP contribution in [0.15, 0.2) is 24.3 Å². The first-order valence-corrected chi connectivity index (χ1v) is 6.88. The van der Waals surface area contributed by atoms with Gasteiger partial charge in [0, 0.05) is 25.3 Å². The molecule has 0 amide bonds. The summed E-state index contributed by atoms with van der Waals surface area (Å²) in [5.74, 6) is 0.129. The summed E-state index contributed by atoms with van der Waals surface area (Å²) in [6.07, 6.45) is 3.96. The second-order valence-electron chi connectivity index (χ2n) is 5.28. The van der Waals surface area contributed by atoms with Crippen LogP contribution < -0.4 is 5.73 Å². The van der Waals surface area contributed by atoms with E-state index in [1.165, 1.54) is 18.4 Å². The van der Waals surface area contributed by atoms with Crippen molar-refractivity contribution in [3.05, 3.63) is 35.4 Å². The molecule has 0 radical (unpaired) electrons. The van der Waals surface area contributed by atoms with Gasteiger partial charge in [-0.25, -0.2) is 0 Å². The molecule has 1 atom stereocenters. The number of hydrogen-bond acceptors (Lipinski definition) is 3. The van der Waals surface area contributed by atoms with E-state index in [9.17, 15) is 0 Å². The second kappa shape index (κ2) is 6.68. The molecule has 19 heavy (non-hydrogen) atoms. The van der Waals surface area contributed by atoms with Crippen molar-refractivity contribution in [3.63, 3.8) is 0 Å². The molecule has 104 valence electrons. The zero-order valence-electron chi connectivity index (χ0n) is 11.6. The lowest BCUT2D eigenvalue weighted by Crippen LogP contribution is -2.23. The van der Waals surface area contributed by atoms with Crippen molar-refractivity contribution in [2.24, 2.45) is 5.73 Å². The fourth-order valence-electron chi connectivity index (χ4n) is 2.46. The highest BCUT2D eigenvalue weighted by molar-refractivity contribution is 5.95. The van der Waals surface area contributed by atoms with Crippen LogP contribution in [0.1, 0.15) is 30.4 Å². The topological polar surface area (TPSA) is 62.3 Å². The lowest BCUT2D eigenvalue weighted by atomic mass is 10.1. The van der Waals surface area contributed by atoms with Gasteiger partial charge in [-0.05, 0) is 37.9 Å². The van der Waals surface area contributed by atoms with Crippen LogP contribution in [0.3, 0.4) is 0 Å². The first kappa shape index (κ1) is 14.0. The van der Waals surface area contributed by atoms with Crippen LogP contribution >= 0.6 is 0 Å². The minimum atomic E-state index is 0.129. The SMILES string of the molecule is CN(CCC1CCCO1)Cc1cccc(C(=N)N)c1. The Balaban J connectivity index is 1.82. The van der Waals surface area contributed by atoms with Crippen LogP contribution in [0.4, 0.5) is 0 Å². The van der Waals surface area contributed by atoms with Crippen LogP contribution in [0, 0.1) is 5.41 Å². The van der Waals surface area contributed by atoms with E-state index in [0.717, 1.165) is 31.7 Å². The third kappa shape index (κ3) is 4.33. The van der Waals surface area contributed by atoms with Crippen LogP contribution in [0.2, 0.25) is 0 Å². The van der Waals surface area contributed by atoms with Crippen molar-refractivity contribution < 1.29 is 4.74 Å². The fraction of sp³-hybridized carbons (Fsp3) is 0.533. The molecule has 1 saturated heterocycles. The summed E-state index contributed by atoms with van der Waals surface area (Å²) in [7, 11) is 2.12. The molecule has 2 rings (SSSR count). The van der Waals surface area contributed by atoms with Gasteiger partial charge in [0.25, 0.3) is 0 Å². The second-order valence-corrected chi connectivity index (χ2v) is 5.28. The Labute approximate surface area is 115 Å². The van der Waals surface area contributed by atoms with Crippen molar-refractivity contribution in [2.75, 3.05) is 20.2 Å². The minimum absolute atomic E-state index is 0.129. The van der Waals surface area contributed by atoms with E-state index in [1.54, 1.807) is 0 Å². The molecular formula is C15H23N3O. The Morgan fingerprint density at radius 2 is 2.37 bits per heavy atom. The summed E-state index contributed by atoms with van der Waals surface area (Å²) in [6, 6.07) is 7.90. The monoisotopic (exact) mass is 261 g/mol. The van der Waals surface area contributed by atoms with Gasteiger partial charge in [-0.3, -0.25) is 5.41 Å². The van der Waals surface area contributed by atoms with E-state index in [2.05, 4.69) is 18.0 Å².